The molecule has 2 aromatic carbocycles. The molecule has 2 rings (SSSR count). The average Bonchev–Trinajstić information content (AvgIpc) is 2.58. The fourth-order valence-corrected chi connectivity index (χ4v) is 3.54. The molecule has 0 bridgehead atoms. The highest BCUT2D eigenvalue weighted by Gasteiger charge is 2.34. The molecule has 0 saturated heterocycles. The largest absolute Gasteiger partial charge is 0.478 e. The van der Waals surface area contributed by atoms with E-state index < -0.39 is 17.5 Å². The SMILES string of the molecule is CC(N)(CC(c1ccccc1)c1ccccc1Br)/C(=C/C(=O)O)C(=O)O. The van der Waals surface area contributed by atoms with Gasteiger partial charge in [-0.05, 0) is 30.5 Å². The molecule has 0 fully saturated rings. The van der Waals surface area contributed by atoms with Crippen LogP contribution in [0.15, 0.2) is 70.7 Å². The molecule has 0 radical (unpaired) electrons. The molecule has 0 aliphatic heterocycles. The fraction of sp³-hybridized carbons (Fsp3) is 0.200. The summed E-state index contributed by atoms with van der Waals surface area (Å²) in [6, 6.07) is 17.2. The van der Waals surface area contributed by atoms with E-state index in [0.29, 0.717) is 6.08 Å². The Bertz CT molecular complexity index is 831. The van der Waals surface area contributed by atoms with E-state index in [-0.39, 0.29) is 17.9 Å². The average molecular weight is 418 g/mol. The fourth-order valence-electron chi connectivity index (χ4n) is 2.98. The molecule has 0 aliphatic carbocycles. The van der Waals surface area contributed by atoms with Gasteiger partial charge in [0.25, 0.3) is 0 Å². The first-order valence-electron chi connectivity index (χ1n) is 7.99. The summed E-state index contributed by atoms with van der Waals surface area (Å²) in [6.45, 7) is 1.54. The minimum Gasteiger partial charge on any atom is -0.478 e. The molecule has 4 N–H and O–H groups in total. The Morgan fingerprint density at radius 2 is 1.69 bits per heavy atom. The first-order valence-corrected chi connectivity index (χ1v) is 8.78. The molecule has 0 heterocycles. The third-order valence-electron chi connectivity index (χ3n) is 4.22. The van der Waals surface area contributed by atoms with Gasteiger partial charge in [0.05, 0.1) is 5.57 Å². The number of halogens is 1. The summed E-state index contributed by atoms with van der Waals surface area (Å²) in [5.74, 6) is -2.88. The zero-order valence-electron chi connectivity index (χ0n) is 14.2. The Morgan fingerprint density at radius 3 is 2.23 bits per heavy atom. The minimum atomic E-state index is -1.35. The van der Waals surface area contributed by atoms with Crippen LogP contribution in [0.25, 0.3) is 0 Å². The zero-order chi connectivity index (χ0) is 19.3. The molecule has 26 heavy (non-hydrogen) atoms. The van der Waals surface area contributed by atoms with Crippen LogP contribution in [0.5, 0.6) is 0 Å². The van der Waals surface area contributed by atoms with Gasteiger partial charge in [0, 0.05) is 22.0 Å². The molecule has 0 aliphatic rings. The molecule has 2 atom stereocenters. The first-order chi connectivity index (χ1) is 12.2. The number of benzene rings is 2. The lowest BCUT2D eigenvalue weighted by atomic mass is 9.77. The Morgan fingerprint density at radius 1 is 1.12 bits per heavy atom. The van der Waals surface area contributed by atoms with Gasteiger partial charge in [-0.15, -0.1) is 0 Å². The van der Waals surface area contributed by atoms with E-state index in [9.17, 15) is 14.7 Å². The lowest BCUT2D eigenvalue weighted by Crippen LogP contribution is -2.43. The van der Waals surface area contributed by atoms with Crippen molar-refractivity contribution in [3.8, 4) is 0 Å². The van der Waals surface area contributed by atoms with E-state index >= 15 is 0 Å². The van der Waals surface area contributed by atoms with Crippen molar-refractivity contribution in [1.82, 2.24) is 0 Å². The van der Waals surface area contributed by atoms with Crippen molar-refractivity contribution in [1.29, 1.82) is 0 Å². The van der Waals surface area contributed by atoms with Gasteiger partial charge >= 0.3 is 11.9 Å². The Kier molecular flexibility index (Phi) is 6.34. The van der Waals surface area contributed by atoms with Gasteiger partial charge in [-0.1, -0.05) is 64.5 Å². The number of carboxylic acids is 2. The van der Waals surface area contributed by atoms with Crippen molar-refractivity contribution < 1.29 is 19.8 Å². The van der Waals surface area contributed by atoms with Gasteiger partial charge in [0.15, 0.2) is 0 Å². The van der Waals surface area contributed by atoms with E-state index in [4.69, 9.17) is 10.8 Å². The van der Waals surface area contributed by atoms with Crippen LogP contribution < -0.4 is 5.73 Å². The normalized spacial score (nSPS) is 15.1. The van der Waals surface area contributed by atoms with Crippen molar-refractivity contribution in [3.63, 3.8) is 0 Å². The standard InChI is InChI=1S/C20H20BrNO4/c1-20(22,16(19(25)26)11-18(23)24)12-15(13-7-3-2-4-8-13)14-9-5-6-10-17(14)21/h2-11,15H,12,22H2,1H3,(H,23,24)(H,25,26)/b16-11+. The topological polar surface area (TPSA) is 101 Å². The molecule has 0 amide bonds. The number of carboxylic acid groups (broad SMARTS) is 2. The second-order valence-corrected chi connectivity index (χ2v) is 7.16. The molecule has 0 spiro atoms. The lowest BCUT2D eigenvalue weighted by molar-refractivity contribution is -0.135. The van der Waals surface area contributed by atoms with Gasteiger partial charge in [-0.25, -0.2) is 9.59 Å². The van der Waals surface area contributed by atoms with Crippen LogP contribution in [0.1, 0.15) is 30.4 Å². The monoisotopic (exact) mass is 417 g/mol. The number of hydrogen-bond donors (Lipinski definition) is 3. The summed E-state index contributed by atoms with van der Waals surface area (Å²) < 4.78 is 0.878. The Labute approximate surface area is 160 Å². The summed E-state index contributed by atoms with van der Waals surface area (Å²) in [7, 11) is 0. The van der Waals surface area contributed by atoms with E-state index in [1.54, 1.807) is 6.92 Å². The Hall–Kier alpha value is -2.44. The van der Waals surface area contributed by atoms with Crippen molar-refractivity contribution in [3.05, 3.63) is 81.8 Å². The quantitative estimate of drug-likeness (QED) is 0.594. The van der Waals surface area contributed by atoms with Crippen molar-refractivity contribution in [2.75, 3.05) is 0 Å². The molecule has 0 aromatic heterocycles. The number of hydrogen-bond acceptors (Lipinski definition) is 3. The smallest absolute Gasteiger partial charge is 0.333 e. The van der Waals surface area contributed by atoms with Gasteiger partial charge < -0.3 is 15.9 Å². The van der Waals surface area contributed by atoms with Gasteiger partial charge in [-0.2, -0.15) is 0 Å². The molecule has 2 unspecified atom stereocenters. The van der Waals surface area contributed by atoms with Crippen LogP contribution in [-0.4, -0.2) is 27.7 Å². The van der Waals surface area contributed by atoms with Gasteiger partial charge in [-0.3, -0.25) is 0 Å². The second-order valence-electron chi connectivity index (χ2n) is 6.31. The molecule has 6 heteroatoms. The maximum absolute atomic E-state index is 11.6. The summed E-state index contributed by atoms with van der Waals surface area (Å²) in [6.07, 6.45) is 0.898. The molecule has 0 saturated carbocycles. The van der Waals surface area contributed by atoms with Gasteiger partial charge in [0.2, 0.25) is 0 Å². The minimum absolute atomic E-state index is 0.210. The zero-order valence-corrected chi connectivity index (χ0v) is 15.8. The van der Waals surface area contributed by atoms with Crippen LogP contribution in [0.4, 0.5) is 0 Å². The third kappa shape index (κ3) is 4.80. The highest BCUT2D eigenvalue weighted by Crippen LogP contribution is 2.37. The van der Waals surface area contributed by atoms with Crippen molar-refractivity contribution >= 4 is 27.9 Å². The molecular weight excluding hydrogens is 398 g/mol. The number of carbonyl (C=O) groups is 2. The molecule has 2 aromatic rings. The summed E-state index contributed by atoms with van der Waals surface area (Å²) in [4.78, 5) is 22.6. The van der Waals surface area contributed by atoms with Crippen LogP contribution in [0.2, 0.25) is 0 Å². The highest BCUT2D eigenvalue weighted by molar-refractivity contribution is 9.10. The predicted octanol–water partition coefficient (Wildman–Crippen LogP) is 3.78. The molecule has 5 nitrogen and oxygen atoms in total. The predicted molar refractivity (Wildman–Crippen MR) is 103 cm³/mol. The second kappa shape index (κ2) is 8.29. The van der Waals surface area contributed by atoms with Crippen LogP contribution >= 0.6 is 15.9 Å². The van der Waals surface area contributed by atoms with E-state index in [1.165, 1.54) is 0 Å². The van der Waals surface area contributed by atoms with E-state index in [2.05, 4.69) is 15.9 Å². The Balaban J connectivity index is 2.52. The maximum atomic E-state index is 11.6. The molecule has 136 valence electrons. The summed E-state index contributed by atoms with van der Waals surface area (Å²) in [5, 5.41) is 18.5. The summed E-state index contributed by atoms with van der Waals surface area (Å²) >= 11 is 3.54. The van der Waals surface area contributed by atoms with E-state index in [1.807, 2.05) is 54.6 Å². The highest BCUT2D eigenvalue weighted by atomic mass is 79.9. The number of rotatable bonds is 7. The van der Waals surface area contributed by atoms with Crippen LogP contribution in [-0.2, 0) is 9.59 Å². The summed E-state index contributed by atoms with van der Waals surface area (Å²) in [5.41, 5.74) is 6.55. The van der Waals surface area contributed by atoms with Gasteiger partial charge in [0.1, 0.15) is 0 Å². The van der Waals surface area contributed by atoms with E-state index in [0.717, 1.165) is 15.6 Å². The molecular formula is C20H20BrNO4. The number of nitrogens with two attached hydrogens (primary N) is 1. The number of aliphatic carboxylic acids is 2. The lowest BCUT2D eigenvalue weighted by Gasteiger charge is -2.31. The third-order valence-corrected chi connectivity index (χ3v) is 4.95. The van der Waals surface area contributed by atoms with Crippen molar-refractivity contribution in [2.45, 2.75) is 24.8 Å². The van der Waals surface area contributed by atoms with Crippen molar-refractivity contribution in [2.24, 2.45) is 5.73 Å². The first kappa shape index (κ1) is 19.9. The van der Waals surface area contributed by atoms with Crippen LogP contribution in [0, 0.1) is 0 Å². The van der Waals surface area contributed by atoms with Crippen LogP contribution in [0.3, 0.4) is 0 Å². The maximum Gasteiger partial charge on any atom is 0.333 e.